The Hall–Kier alpha value is -0.160. The van der Waals surface area contributed by atoms with Crippen molar-refractivity contribution < 1.29 is 9.84 Å². The van der Waals surface area contributed by atoms with Crippen LogP contribution in [0.5, 0.6) is 0 Å². The topological polar surface area (TPSA) is 35.9 Å². The highest BCUT2D eigenvalue weighted by Gasteiger charge is 2.60. The Morgan fingerprint density at radius 1 is 0.833 bits per heavy atom. The molecular formula is C20H32N2O2. The van der Waals surface area contributed by atoms with Gasteiger partial charge in [0.05, 0.1) is 18.9 Å². The minimum absolute atomic E-state index is 0.0838. The fourth-order valence-corrected chi connectivity index (χ4v) is 7.92. The molecule has 9 atom stereocenters. The molecule has 6 rings (SSSR count). The van der Waals surface area contributed by atoms with Crippen LogP contribution in [0.15, 0.2) is 0 Å². The normalized spacial score (nSPS) is 57.1. The van der Waals surface area contributed by atoms with Gasteiger partial charge in [-0.15, -0.1) is 0 Å². The van der Waals surface area contributed by atoms with Crippen LogP contribution in [0.3, 0.4) is 0 Å². The molecule has 2 aliphatic carbocycles. The fraction of sp³-hybridized carbons (Fsp3) is 1.00. The van der Waals surface area contributed by atoms with Crippen molar-refractivity contribution in [2.45, 2.75) is 88.4 Å². The molecule has 4 heterocycles. The van der Waals surface area contributed by atoms with Crippen LogP contribution in [-0.2, 0) is 4.74 Å². The van der Waals surface area contributed by atoms with E-state index in [0.29, 0.717) is 30.3 Å². The molecule has 9 unspecified atom stereocenters. The van der Waals surface area contributed by atoms with E-state index in [2.05, 4.69) is 9.80 Å². The molecule has 4 nitrogen and oxygen atoms in total. The second-order valence-corrected chi connectivity index (χ2v) is 9.59. The molecule has 6 fully saturated rings. The number of piperidine rings is 2. The van der Waals surface area contributed by atoms with Gasteiger partial charge >= 0.3 is 0 Å². The van der Waals surface area contributed by atoms with Crippen molar-refractivity contribution in [1.29, 1.82) is 0 Å². The quantitative estimate of drug-likeness (QED) is 0.739. The van der Waals surface area contributed by atoms with E-state index in [1.165, 1.54) is 51.5 Å². The Bertz CT molecular complexity index is 474. The molecule has 0 aromatic heterocycles. The zero-order chi connectivity index (χ0) is 15.8. The number of hydrogen-bond donors (Lipinski definition) is 1. The first-order valence-electron chi connectivity index (χ1n) is 10.6. The van der Waals surface area contributed by atoms with Gasteiger partial charge in [0.15, 0.2) is 0 Å². The smallest absolute Gasteiger partial charge is 0.116 e. The minimum Gasteiger partial charge on any atom is -0.393 e. The van der Waals surface area contributed by atoms with E-state index in [1.54, 1.807) is 0 Å². The Balaban J connectivity index is 1.39. The van der Waals surface area contributed by atoms with Gasteiger partial charge < -0.3 is 9.84 Å². The minimum atomic E-state index is -0.0838. The zero-order valence-corrected chi connectivity index (χ0v) is 14.7. The molecule has 4 heteroatoms. The van der Waals surface area contributed by atoms with Gasteiger partial charge in [-0.05, 0) is 69.7 Å². The van der Waals surface area contributed by atoms with Gasteiger partial charge in [0.2, 0.25) is 0 Å². The Kier molecular flexibility index (Phi) is 3.38. The molecule has 0 aromatic rings. The summed E-state index contributed by atoms with van der Waals surface area (Å²) in [6, 6.07) is 1.50. The Morgan fingerprint density at radius 2 is 1.71 bits per heavy atom. The molecule has 134 valence electrons. The lowest BCUT2D eigenvalue weighted by Gasteiger charge is -2.68. The van der Waals surface area contributed by atoms with E-state index in [0.717, 1.165) is 37.3 Å². The van der Waals surface area contributed by atoms with Crippen molar-refractivity contribution in [2.24, 2.45) is 23.7 Å². The largest absolute Gasteiger partial charge is 0.393 e. The van der Waals surface area contributed by atoms with E-state index < -0.39 is 0 Å². The standard InChI is InChI=1S/C20H32N2O2/c23-15-9-13-6-7-17-21-8-2-4-12-3-1-5-16(19(12)21)20-22(17)18(13)14(10-15)11-24-20/h12-20,23H,1-11H2. The van der Waals surface area contributed by atoms with Crippen LogP contribution in [-0.4, -0.2) is 58.6 Å². The second kappa shape index (κ2) is 5.42. The van der Waals surface area contributed by atoms with Crippen molar-refractivity contribution in [2.75, 3.05) is 13.2 Å². The zero-order valence-electron chi connectivity index (χ0n) is 14.7. The average Bonchev–Trinajstić information content (AvgIpc) is 2.61. The molecule has 4 saturated heterocycles. The molecule has 0 spiro atoms. The summed E-state index contributed by atoms with van der Waals surface area (Å²) < 4.78 is 6.58. The maximum atomic E-state index is 10.3. The van der Waals surface area contributed by atoms with E-state index in [1.807, 2.05) is 0 Å². The van der Waals surface area contributed by atoms with E-state index >= 15 is 0 Å². The van der Waals surface area contributed by atoms with Crippen molar-refractivity contribution >= 4 is 0 Å². The van der Waals surface area contributed by atoms with Gasteiger partial charge in [0.1, 0.15) is 6.23 Å². The molecule has 6 aliphatic rings. The number of rotatable bonds is 0. The lowest BCUT2D eigenvalue weighted by molar-refractivity contribution is -0.299. The van der Waals surface area contributed by atoms with Gasteiger partial charge in [0.25, 0.3) is 0 Å². The summed E-state index contributed by atoms with van der Waals surface area (Å²) in [4.78, 5) is 5.78. The van der Waals surface area contributed by atoms with Crippen molar-refractivity contribution in [3.05, 3.63) is 0 Å². The van der Waals surface area contributed by atoms with Crippen LogP contribution in [0, 0.1) is 23.7 Å². The number of nitrogens with zero attached hydrogens (tertiary/aromatic N) is 2. The second-order valence-electron chi connectivity index (χ2n) is 9.59. The highest BCUT2D eigenvalue weighted by Crippen LogP contribution is 2.54. The predicted molar refractivity (Wildman–Crippen MR) is 91.2 cm³/mol. The molecule has 0 bridgehead atoms. The third-order valence-corrected chi connectivity index (χ3v) is 8.53. The third kappa shape index (κ3) is 1.94. The van der Waals surface area contributed by atoms with E-state index in [4.69, 9.17) is 4.74 Å². The first kappa shape index (κ1) is 15.0. The van der Waals surface area contributed by atoms with Crippen LogP contribution < -0.4 is 0 Å². The lowest BCUT2D eigenvalue weighted by atomic mass is 9.64. The molecular weight excluding hydrogens is 300 g/mol. The van der Waals surface area contributed by atoms with Gasteiger partial charge in [-0.3, -0.25) is 9.80 Å². The third-order valence-electron chi connectivity index (χ3n) is 8.53. The monoisotopic (exact) mass is 332 g/mol. The molecule has 4 aliphatic heterocycles. The van der Waals surface area contributed by atoms with Crippen molar-refractivity contribution in [3.63, 3.8) is 0 Å². The Morgan fingerprint density at radius 3 is 2.67 bits per heavy atom. The molecule has 2 saturated carbocycles. The predicted octanol–water partition coefficient (Wildman–Crippen LogP) is 2.41. The molecule has 0 amide bonds. The summed E-state index contributed by atoms with van der Waals surface area (Å²) in [6.07, 6.45) is 12.7. The molecule has 0 aromatic carbocycles. The number of hydrogen-bond acceptors (Lipinski definition) is 4. The average molecular weight is 332 g/mol. The number of aliphatic hydroxyl groups excluding tert-OH is 1. The van der Waals surface area contributed by atoms with E-state index in [-0.39, 0.29) is 6.10 Å². The van der Waals surface area contributed by atoms with Crippen LogP contribution in [0.25, 0.3) is 0 Å². The van der Waals surface area contributed by atoms with Gasteiger partial charge in [-0.1, -0.05) is 6.42 Å². The summed E-state index contributed by atoms with van der Waals surface area (Å²) in [5, 5.41) is 10.3. The SMILES string of the molecule is OC1CC2CCC3N4CCCC5CCCC(C54)C4OCC(C1)C2N43. The fourth-order valence-electron chi connectivity index (χ4n) is 7.92. The highest BCUT2D eigenvalue weighted by atomic mass is 16.5. The number of aliphatic hydroxyl groups is 1. The first-order chi connectivity index (χ1) is 11.8. The summed E-state index contributed by atoms with van der Waals surface area (Å²) >= 11 is 0. The molecule has 24 heavy (non-hydrogen) atoms. The Labute approximate surface area is 145 Å². The summed E-state index contributed by atoms with van der Waals surface area (Å²) in [5.74, 6) is 2.96. The highest BCUT2D eigenvalue weighted by molar-refractivity contribution is 5.09. The van der Waals surface area contributed by atoms with Crippen molar-refractivity contribution in [1.82, 2.24) is 9.80 Å². The summed E-state index contributed by atoms with van der Waals surface area (Å²) in [5.41, 5.74) is 0. The number of ether oxygens (including phenoxy) is 1. The molecule has 1 N–H and O–H groups in total. The van der Waals surface area contributed by atoms with Crippen molar-refractivity contribution in [3.8, 4) is 0 Å². The van der Waals surface area contributed by atoms with Crippen LogP contribution >= 0.6 is 0 Å². The number of fused-ring (bicyclic) bond motifs is 2. The van der Waals surface area contributed by atoms with Gasteiger partial charge in [-0.25, -0.2) is 0 Å². The summed E-state index contributed by atoms with van der Waals surface area (Å²) in [7, 11) is 0. The lowest BCUT2D eigenvalue weighted by Crippen LogP contribution is -2.77. The molecule has 0 radical (unpaired) electrons. The summed E-state index contributed by atoms with van der Waals surface area (Å²) in [6.45, 7) is 2.22. The van der Waals surface area contributed by atoms with Crippen LogP contribution in [0.4, 0.5) is 0 Å². The first-order valence-corrected chi connectivity index (χ1v) is 10.6. The maximum absolute atomic E-state index is 10.3. The van der Waals surface area contributed by atoms with Crippen LogP contribution in [0.1, 0.15) is 57.8 Å². The maximum Gasteiger partial charge on any atom is 0.116 e. The van der Waals surface area contributed by atoms with Gasteiger partial charge in [0, 0.05) is 23.9 Å². The van der Waals surface area contributed by atoms with Gasteiger partial charge in [-0.2, -0.15) is 0 Å². The van der Waals surface area contributed by atoms with Crippen LogP contribution in [0.2, 0.25) is 0 Å². The van der Waals surface area contributed by atoms with E-state index in [9.17, 15) is 5.11 Å².